The van der Waals surface area contributed by atoms with Gasteiger partial charge in [0.2, 0.25) is 5.60 Å². The number of benzene rings is 2. The fourth-order valence-electron chi connectivity index (χ4n) is 4.15. The number of hydrogen-bond acceptors (Lipinski definition) is 13. The quantitative estimate of drug-likeness (QED) is 0.0659. The first-order valence-corrected chi connectivity index (χ1v) is 12.4. The summed E-state index contributed by atoms with van der Waals surface area (Å²) in [7, 11) is 0. The number of ether oxygens (including phenoxy) is 3. The zero-order valence-corrected chi connectivity index (χ0v) is 22.0. The monoisotopic (exact) mass is 602 g/mol. The van der Waals surface area contributed by atoms with E-state index in [4.69, 9.17) is 19.3 Å². The number of carboxylic acids is 2. The van der Waals surface area contributed by atoms with Gasteiger partial charge >= 0.3 is 29.8 Å². The average molecular weight is 603 g/mol. The molecule has 228 valence electrons. The van der Waals surface area contributed by atoms with Crippen LogP contribution in [0.1, 0.15) is 30.4 Å². The maximum absolute atomic E-state index is 12.7. The first-order valence-electron chi connectivity index (χ1n) is 12.4. The highest BCUT2D eigenvalue weighted by Gasteiger charge is 2.56. The van der Waals surface area contributed by atoms with Gasteiger partial charge in [-0.15, -0.1) is 0 Å². The van der Waals surface area contributed by atoms with Crippen molar-refractivity contribution in [1.82, 2.24) is 0 Å². The van der Waals surface area contributed by atoms with Crippen LogP contribution in [-0.2, 0) is 38.2 Å². The van der Waals surface area contributed by atoms with Crippen LogP contribution in [0.3, 0.4) is 0 Å². The third-order valence-corrected chi connectivity index (χ3v) is 6.15. The predicted molar refractivity (Wildman–Crippen MR) is 141 cm³/mol. The van der Waals surface area contributed by atoms with Crippen LogP contribution in [0.5, 0.6) is 23.0 Å². The average Bonchev–Trinajstić information content (AvgIpc) is 2.91. The van der Waals surface area contributed by atoms with E-state index in [9.17, 15) is 54.6 Å². The molecule has 1 aliphatic rings. The Morgan fingerprint density at radius 1 is 0.767 bits per heavy atom. The summed E-state index contributed by atoms with van der Waals surface area (Å²) in [5.41, 5.74) is -2.06. The normalized spacial score (nSPS) is 21.7. The minimum absolute atomic E-state index is 0.242. The maximum Gasteiger partial charge on any atom is 0.348 e. The van der Waals surface area contributed by atoms with Crippen molar-refractivity contribution < 1.29 is 73.9 Å². The van der Waals surface area contributed by atoms with E-state index in [1.165, 1.54) is 18.2 Å². The van der Waals surface area contributed by atoms with Crippen molar-refractivity contribution in [3.63, 3.8) is 0 Å². The number of phenolic OH excluding ortho intramolecular Hbond substituents is 4. The summed E-state index contributed by atoms with van der Waals surface area (Å²) in [6.07, 6.45) is -4.17. The van der Waals surface area contributed by atoms with Gasteiger partial charge in [0.25, 0.3) is 0 Å². The Labute approximate surface area is 242 Å². The number of carbonyl (C=O) groups excluding carboxylic acids is 3. The number of aliphatic hydroxyl groups is 1. The minimum atomic E-state index is -2.56. The second-order valence-electron chi connectivity index (χ2n) is 9.36. The molecule has 7 N–H and O–H groups in total. The van der Waals surface area contributed by atoms with Gasteiger partial charge in [0, 0.05) is 25.0 Å². The van der Waals surface area contributed by atoms with E-state index < -0.39 is 96.0 Å². The molecule has 0 bridgehead atoms. The second kappa shape index (κ2) is 13.4. The zero-order valence-electron chi connectivity index (χ0n) is 22.0. The van der Waals surface area contributed by atoms with Gasteiger partial charge in [0.15, 0.2) is 29.1 Å². The molecule has 15 nitrogen and oxygen atoms in total. The molecule has 1 fully saturated rings. The molecule has 0 saturated heterocycles. The molecule has 1 aliphatic carbocycles. The van der Waals surface area contributed by atoms with Gasteiger partial charge in [-0.25, -0.2) is 14.4 Å². The zero-order chi connectivity index (χ0) is 31.9. The smallest absolute Gasteiger partial charge is 0.348 e. The summed E-state index contributed by atoms with van der Waals surface area (Å²) < 4.78 is 15.5. The molecule has 1 saturated carbocycles. The molecular weight excluding hydrogens is 576 g/mol. The highest BCUT2D eigenvalue weighted by Crippen LogP contribution is 2.37. The Hall–Kier alpha value is -5.57. The van der Waals surface area contributed by atoms with E-state index in [0.717, 1.165) is 42.5 Å². The molecule has 15 heteroatoms. The van der Waals surface area contributed by atoms with Crippen LogP contribution in [0.4, 0.5) is 0 Å². The lowest BCUT2D eigenvalue weighted by Gasteiger charge is -2.42. The fraction of sp³-hybridized carbons (Fsp3) is 0.250. The summed E-state index contributed by atoms with van der Waals surface area (Å²) in [5, 5.41) is 67.6. The molecule has 0 spiro atoms. The first-order chi connectivity index (χ1) is 20.2. The van der Waals surface area contributed by atoms with E-state index in [0.29, 0.717) is 0 Å². The highest BCUT2D eigenvalue weighted by molar-refractivity contribution is 5.92. The Morgan fingerprint density at radius 2 is 1.28 bits per heavy atom. The number of hydrogen-bond donors (Lipinski definition) is 7. The van der Waals surface area contributed by atoms with Crippen LogP contribution < -0.4 is 0 Å². The van der Waals surface area contributed by atoms with Crippen LogP contribution >= 0.6 is 0 Å². The van der Waals surface area contributed by atoms with Gasteiger partial charge in [-0.05, 0) is 47.5 Å². The topological polar surface area (TPSA) is 255 Å². The molecule has 0 amide bonds. The van der Waals surface area contributed by atoms with Gasteiger partial charge < -0.3 is 50.0 Å². The van der Waals surface area contributed by atoms with E-state index >= 15 is 0 Å². The van der Waals surface area contributed by atoms with Crippen LogP contribution in [0.25, 0.3) is 12.2 Å². The van der Waals surface area contributed by atoms with Crippen molar-refractivity contribution >= 4 is 42.0 Å². The largest absolute Gasteiger partial charge is 0.504 e. The third kappa shape index (κ3) is 8.46. The van der Waals surface area contributed by atoms with Crippen molar-refractivity contribution in [2.75, 3.05) is 0 Å². The molecule has 2 aromatic rings. The van der Waals surface area contributed by atoms with Crippen molar-refractivity contribution in [3.8, 4) is 23.0 Å². The summed E-state index contributed by atoms with van der Waals surface area (Å²) in [5.74, 6) is -8.87. The van der Waals surface area contributed by atoms with Gasteiger partial charge in [-0.1, -0.05) is 12.1 Å². The number of aliphatic hydroxyl groups excluding tert-OH is 1. The minimum Gasteiger partial charge on any atom is -0.504 e. The lowest BCUT2D eigenvalue weighted by molar-refractivity contribution is -0.215. The van der Waals surface area contributed by atoms with E-state index in [1.807, 2.05) is 0 Å². The Morgan fingerprint density at radius 3 is 1.74 bits per heavy atom. The van der Waals surface area contributed by atoms with E-state index in [2.05, 4.69) is 0 Å². The standard InChI is InChI=1S/C28H26O15/c29-16-5-1-14(9-18(16)31)3-7-23(36)41-21-13-28(27(39)40,43-25(38)11-22(34)35)12-20(33)26(21)42-24(37)8-4-15-2-6-17(30)19(32)10-15/h1-10,20-21,26,29-33H,11-13H2,(H,34,35)(H,39,40)/b7-3+,8-4+/t20-,21-,26+,28-/m1/s1. The molecule has 4 atom stereocenters. The summed E-state index contributed by atoms with van der Waals surface area (Å²) >= 11 is 0. The summed E-state index contributed by atoms with van der Waals surface area (Å²) in [6, 6.07) is 7.24. The van der Waals surface area contributed by atoms with E-state index in [-0.39, 0.29) is 11.1 Å². The van der Waals surface area contributed by atoms with Crippen LogP contribution in [0, 0.1) is 0 Å². The van der Waals surface area contributed by atoms with Crippen molar-refractivity contribution in [2.24, 2.45) is 0 Å². The van der Waals surface area contributed by atoms with Crippen LogP contribution in [0.2, 0.25) is 0 Å². The second-order valence-corrected chi connectivity index (χ2v) is 9.36. The third-order valence-electron chi connectivity index (χ3n) is 6.15. The number of carboxylic acid groups (broad SMARTS) is 2. The lowest BCUT2D eigenvalue weighted by Crippen LogP contribution is -2.60. The molecule has 0 heterocycles. The number of aliphatic carboxylic acids is 2. The summed E-state index contributed by atoms with van der Waals surface area (Å²) in [4.78, 5) is 60.4. The van der Waals surface area contributed by atoms with Crippen molar-refractivity contribution in [1.29, 1.82) is 0 Å². The fourth-order valence-corrected chi connectivity index (χ4v) is 4.15. The molecule has 0 unspecified atom stereocenters. The van der Waals surface area contributed by atoms with Crippen LogP contribution in [0.15, 0.2) is 48.6 Å². The first kappa shape index (κ1) is 32.0. The maximum atomic E-state index is 12.7. The molecule has 0 aliphatic heterocycles. The number of rotatable bonds is 10. The molecule has 0 aromatic heterocycles. The van der Waals surface area contributed by atoms with Gasteiger partial charge in [-0.2, -0.15) is 0 Å². The van der Waals surface area contributed by atoms with E-state index in [1.54, 1.807) is 0 Å². The number of aromatic hydroxyl groups is 4. The van der Waals surface area contributed by atoms with Gasteiger partial charge in [-0.3, -0.25) is 9.59 Å². The Kier molecular flexibility index (Phi) is 9.95. The number of carbonyl (C=O) groups is 5. The lowest BCUT2D eigenvalue weighted by atomic mass is 9.79. The molecular formula is C28H26O15. The van der Waals surface area contributed by atoms with Gasteiger partial charge in [0.1, 0.15) is 12.5 Å². The SMILES string of the molecule is O=C(O)CC(=O)O[C@]1(C(=O)O)C[C@@H](O)[C@H](OC(=O)/C=C/c2ccc(O)c(O)c2)[C@H](OC(=O)/C=C/c2ccc(O)c(O)c2)C1. The Bertz CT molecular complexity index is 1480. The number of phenols is 4. The van der Waals surface area contributed by atoms with Crippen molar-refractivity contribution in [2.45, 2.75) is 43.2 Å². The van der Waals surface area contributed by atoms with Gasteiger partial charge in [0.05, 0.1) is 6.10 Å². The highest BCUT2D eigenvalue weighted by atomic mass is 16.6. The summed E-state index contributed by atoms with van der Waals surface area (Å²) in [6.45, 7) is 0. The predicted octanol–water partition coefficient (Wildman–Crippen LogP) is 1.06. The molecule has 43 heavy (non-hydrogen) atoms. The van der Waals surface area contributed by atoms with Crippen molar-refractivity contribution in [3.05, 3.63) is 59.7 Å². The molecule has 3 rings (SSSR count). The number of esters is 3. The van der Waals surface area contributed by atoms with Crippen LogP contribution in [-0.4, -0.2) is 89.5 Å². The Balaban J connectivity index is 1.86. The molecule has 2 aromatic carbocycles. The molecule has 0 radical (unpaired) electrons.